The number of methoxy groups -OCH3 is 1. The summed E-state index contributed by atoms with van der Waals surface area (Å²) in [7, 11) is -2.90. The van der Waals surface area contributed by atoms with E-state index in [2.05, 4.69) is 5.32 Å². The van der Waals surface area contributed by atoms with Crippen molar-refractivity contribution in [3.8, 4) is 5.75 Å². The van der Waals surface area contributed by atoms with Crippen molar-refractivity contribution < 1.29 is 27.1 Å². The lowest BCUT2D eigenvalue weighted by Gasteiger charge is -2.34. The normalized spacial score (nSPS) is 13.9. The van der Waals surface area contributed by atoms with Gasteiger partial charge in [-0.3, -0.25) is 13.9 Å². The van der Waals surface area contributed by atoms with Crippen LogP contribution in [0.1, 0.15) is 36.8 Å². The van der Waals surface area contributed by atoms with Crippen molar-refractivity contribution in [3.05, 3.63) is 124 Å². The van der Waals surface area contributed by atoms with E-state index in [1.807, 2.05) is 30.3 Å². The minimum atomic E-state index is -4.36. The van der Waals surface area contributed by atoms with Gasteiger partial charge >= 0.3 is 0 Å². The molecule has 4 aromatic rings. The zero-order valence-corrected chi connectivity index (χ0v) is 28.6. The Balaban J connectivity index is 1.57. The van der Waals surface area contributed by atoms with Gasteiger partial charge in [0.2, 0.25) is 11.8 Å². The molecule has 1 aliphatic rings. The number of carbonyl (C=O) groups excluding carboxylic acids is 2. The Kier molecular flexibility index (Phi) is 11.6. The maximum atomic E-state index is 14.6. The predicted octanol–water partition coefficient (Wildman–Crippen LogP) is 7.04. The van der Waals surface area contributed by atoms with Crippen LogP contribution in [0.15, 0.2) is 102 Å². The van der Waals surface area contributed by atoms with Crippen molar-refractivity contribution in [2.75, 3.05) is 18.0 Å². The van der Waals surface area contributed by atoms with Gasteiger partial charge in [-0.1, -0.05) is 72.4 Å². The molecule has 0 heterocycles. The van der Waals surface area contributed by atoms with E-state index in [4.69, 9.17) is 27.9 Å². The summed E-state index contributed by atoms with van der Waals surface area (Å²) in [5.41, 5.74) is 1.48. The third-order valence-electron chi connectivity index (χ3n) is 8.35. The van der Waals surface area contributed by atoms with Crippen molar-refractivity contribution in [3.63, 3.8) is 0 Å². The molecule has 0 aromatic heterocycles. The highest BCUT2D eigenvalue weighted by Gasteiger charge is 2.35. The van der Waals surface area contributed by atoms with E-state index in [9.17, 15) is 22.4 Å². The molecule has 0 saturated heterocycles. The number of ether oxygens (including phenoxy) is 1. The van der Waals surface area contributed by atoms with Crippen LogP contribution in [0.2, 0.25) is 10.0 Å². The number of benzene rings is 4. The van der Waals surface area contributed by atoms with Crippen LogP contribution in [-0.4, -0.2) is 50.9 Å². The van der Waals surface area contributed by atoms with Crippen LogP contribution in [0.25, 0.3) is 0 Å². The molecule has 0 aliphatic heterocycles. The van der Waals surface area contributed by atoms with Gasteiger partial charge < -0.3 is 15.0 Å². The first kappa shape index (κ1) is 35.2. The van der Waals surface area contributed by atoms with E-state index in [1.165, 1.54) is 48.4 Å². The van der Waals surface area contributed by atoms with Crippen molar-refractivity contribution in [2.45, 2.75) is 55.6 Å². The number of hydrogen-bond donors (Lipinski definition) is 1. The fourth-order valence-corrected chi connectivity index (χ4v) is 7.50. The molecule has 1 atom stereocenters. The van der Waals surface area contributed by atoms with Gasteiger partial charge in [-0.05, 0) is 84.6 Å². The molecule has 1 N–H and O–H groups in total. The fourth-order valence-electron chi connectivity index (χ4n) is 5.77. The maximum Gasteiger partial charge on any atom is 0.264 e. The monoisotopic (exact) mass is 711 g/mol. The second-order valence-corrected chi connectivity index (χ2v) is 14.3. The lowest BCUT2D eigenvalue weighted by atomic mass is 10.0. The van der Waals surface area contributed by atoms with Crippen LogP contribution in [-0.2, 0) is 32.6 Å². The number of carbonyl (C=O) groups is 2. The number of hydrogen-bond acceptors (Lipinski definition) is 5. The average molecular weight is 713 g/mol. The third kappa shape index (κ3) is 8.66. The zero-order valence-electron chi connectivity index (χ0n) is 26.3. The quantitative estimate of drug-likeness (QED) is 0.161. The van der Waals surface area contributed by atoms with Crippen LogP contribution >= 0.6 is 23.2 Å². The van der Waals surface area contributed by atoms with Gasteiger partial charge in [0.15, 0.2) is 0 Å². The second kappa shape index (κ2) is 15.9. The Morgan fingerprint density at radius 3 is 2.19 bits per heavy atom. The molecule has 0 bridgehead atoms. The number of rotatable bonds is 13. The highest BCUT2D eigenvalue weighted by Crippen LogP contribution is 2.28. The van der Waals surface area contributed by atoms with Gasteiger partial charge in [0, 0.05) is 19.0 Å². The van der Waals surface area contributed by atoms with Crippen molar-refractivity contribution in [1.82, 2.24) is 10.2 Å². The smallest absolute Gasteiger partial charge is 0.264 e. The standard InChI is InChI=1S/C36H36Cl2FN3O5S/c1-47-30-16-18-31(19-17-30)48(45,46)42(29-14-12-27(39)13-15-29)24-35(43)41(23-26-11-20-32(37)33(38)21-26)34(22-25-7-3-2-4-8-25)36(44)40-28-9-5-6-10-28/h2-4,7-8,11-21,28,34H,5-6,9-10,22-24H2,1H3,(H,40,44). The third-order valence-corrected chi connectivity index (χ3v) is 10.9. The number of anilines is 1. The molecular weight excluding hydrogens is 676 g/mol. The largest absolute Gasteiger partial charge is 0.497 e. The lowest BCUT2D eigenvalue weighted by Crippen LogP contribution is -2.54. The molecule has 8 nitrogen and oxygen atoms in total. The highest BCUT2D eigenvalue weighted by atomic mass is 35.5. The summed E-state index contributed by atoms with van der Waals surface area (Å²) in [6.07, 6.45) is 3.84. The fraction of sp³-hybridized carbons (Fsp3) is 0.278. The van der Waals surface area contributed by atoms with Gasteiger partial charge in [-0.2, -0.15) is 0 Å². The first-order valence-corrected chi connectivity index (χ1v) is 17.7. The predicted molar refractivity (Wildman–Crippen MR) is 185 cm³/mol. The van der Waals surface area contributed by atoms with Gasteiger partial charge in [0.25, 0.3) is 10.0 Å². The topological polar surface area (TPSA) is 96.0 Å². The maximum absolute atomic E-state index is 14.6. The molecule has 12 heteroatoms. The molecule has 0 radical (unpaired) electrons. The van der Waals surface area contributed by atoms with Gasteiger partial charge in [0.05, 0.1) is 27.7 Å². The van der Waals surface area contributed by atoms with Crippen LogP contribution in [0.3, 0.4) is 0 Å². The lowest BCUT2D eigenvalue weighted by molar-refractivity contribution is -0.140. The first-order chi connectivity index (χ1) is 23.0. The van der Waals surface area contributed by atoms with Gasteiger partial charge in [-0.15, -0.1) is 0 Å². The van der Waals surface area contributed by atoms with Crippen molar-refractivity contribution in [2.24, 2.45) is 0 Å². The zero-order chi connectivity index (χ0) is 34.3. The summed E-state index contributed by atoms with van der Waals surface area (Å²) in [6, 6.07) is 23.8. The molecule has 48 heavy (non-hydrogen) atoms. The minimum absolute atomic E-state index is 0.0242. The molecule has 0 spiro atoms. The van der Waals surface area contributed by atoms with Crippen LogP contribution in [0.4, 0.5) is 10.1 Å². The summed E-state index contributed by atoms with van der Waals surface area (Å²) >= 11 is 12.5. The Labute approximate surface area is 290 Å². The molecular formula is C36H36Cl2FN3O5S. The SMILES string of the molecule is COc1ccc(S(=O)(=O)N(CC(=O)N(Cc2ccc(Cl)c(Cl)c2)C(Cc2ccccc2)C(=O)NC2CCCC2)c2ccc(F)cc2)cc1. The van der Waals surface area contributed by atoms with Crippen molar-refractivity contribution >= 4 is 50.7 Å². The van der Waals surface area contributed by atoms with Crippen LogP contribution in [0.5, 0.6) is 5.75 Å². The van der Waals surface area contributed by atoms with E-state index in [-0.39, 0.29) is 40.5 Å². The molecule has 2 amide bonds. The summed E-state index contributed by atoms with van der Waals surface area (Å²) in [5.74, 6) is -1.11. The molecule has 252 valence electrons. The summed E-state index contributed by atoms with van der Waals surface area (Å²) in [4.78, 5) is 30.0. The van der Waals surface area contributed by atoms with Crippen LogP contribution in [0, 0.1) is 5.82 Å². The minimum Gasteiger partial charge on any atom is -0.497 e. The average Bonchev–Trinajstić information content (AvgIpc) is 3.60. The molecule has 4 aromatic carbocycles. The molecule has 1 fully saturated rings. The number of nitrogens with zero attached hydrogens (tertiary/aromatic N) is 2. The van der Waals surface area contributed by atoms with Crippen molar-refractivity contribution in [1.29, 1.82) is 0 Å². The summed E-state index contributed by atoms with van der Waals surface area (Å²) < 4.78 is 48.4. The molecule has 1 saturated carbocycles. The molecule has 1 unspecified atom stereocenters. The summed E-state index contributed by atoms with van der Waals surface area (Å²) in [6.45, 7) is -0.742. The van der Waals surface area contributed by atoms with Crippen LogP contribution < -0.4 is 14.4 Å². The summed E-state index contributed by atoms with van der Waals surface area (Å²) in [5, 5.41) is 3.73. The Bertz CT molecular complexity index is 1820. The molecule has 5 rings (SSSR count). The Morgan fingerprint density at radius 2 is 1.56 bits per heavy atom. The van der Waals surface area contributed by atoms with E-state index in [1.54, 1.807) is 18.2 Å². The second-order valence-electron chi connectivity index (χ2n) is 11.6. The molecule has 1 aliphatic carbocycles. The number of sulfonamides is 1. The van der Waals surface area contributed by atoms with E-state index in [0.717, 1.165) is 47.7 Å². The Morgan fingerprint density at radius 1 is 0.896 bits per heavy atom. The highest BCUT2D eigenvalue weighted by molar-refractivity contribution is 7.92. The van der Waals surface area contributed by atoms with Gasteiger partial charge in [-0.25, -0.2) is 12.8 Å². The number of amides is 2. The van der Waals surface area contributed by atoms with Gasteiger partial charge in [0.1, 0.15) is 24.2 Å². The van der Waals surface area contributed by atoms with E-state index >= 15 is 0 Å². The van der Waals surface area contributed by atoms with E-state index in [0.29, 0.717) is 16.3 Å². The van der Waals surface area contributed by atoms with E-state index < -0.39 is 34.3 Å². The number of nitrogens with one attached hydrogen (secondary N) is 1. The number of halogens is 3. The first-order valence-electron chi connectivity index (χ1n) is 15.5. The Hall–Kier alpha value is -4.12.